The summed E-state index contributed by atoms with van der Waals surface area (Å²) in [6.45, 7) is 0. The molecule has 0 aromatic heterocycles. The molecule has 3 nitrogen and oxygen atoms in total. The molecule has 1 saturated carbocycles. The molecular formula is C6H9NO2. The number of ketones is 2. The van der Waals surface area contributed by atoms with Gasteiger partial charge in [0.05, 0.1) is 13.8 Å². The molecule has 0 aromatic carbocycles. The van der Waals surface area contributed by atoms with Crippen molar-refractivity contribution < 1.29 is 13.7 Å². The first-order valence-electron chi connectivity index (χ1n) is 4.22. The first-order valence-corrected chi connectivity index (χ1v) is 2.56. The van der Waals surface area contributed by atoms with E-state index in [1.54, 1.807) is 0 Å². The van der Waals surface area contributed by atoms with Crippen molar-refractivity contribution in [2.75, 3.05) is 0 Å². The minimum Gasteiger partial charge on any atom is -0.321 e. The fraction of sp³-hybridized carbons (Fsp3) is 0.667. The van der Waals surface area contributed by atoms with E-state index in [9.17, 15) is 9.59 Å². The van der Waals surface area contributed by atoms with Crippen LogP contribution in [0.3, 0.4) is 0 Å². The molecule has 2 N–H and O–H groups in total. The zero-order valence-electron chi connectivity index (χ0n) is 7.76. The lowest BCUT2D eigenvalue weighted by molar-refractivity contribution is -0.130. The molecule has 1 aliphatic rings. The molecule has 0 amide bonds. The number of carbonyl (C=O) groups excluding carboxylic acids is 2. The normalized spacial score (nSPS) is 58.1. The molecule has 0 radical (unpaired) electrons. The summed E-state index contributed by atoms with van der Waals surface area (Å²) in [5.74, 6) is -1.38. The minimum absolute atomic E-state index is 0.483. The average molecular weight is 130 g/mol. The maximum atomic E-state index is 10.9. The van der Waals surface area contributed by atoms with Crippen LogP contribution in [0, 0.1) is 0 Å². The van der Waals surface area contributed by atoms with Crippen LogP contribution in [0.5, 0.6) is 0 Å². The van der Waals surface area contributed by atoms with Gasteiger partial charge in [-0.05, 0) is 6.40 Å². The Bertz CT molecular complexity index is 241. The van der Waals surface area contributed by atoms with Gasteiger partial charge in [-0.2, -0.15) is 0 Å². The Morgan fingerprint density at radius 2 is 2.44 bits per heavy atom. The summed E-state index contributed by atoms with van der Waals surface area (Å²) in [4.78, 5) is 21.8. The van der Waals surface area contributed by atoms with Crippen molar-refractivity contribution in [3.8, 4) is 0 Å². The molecule has 0 aliphatic heterocycles. The lowest BCUT2D eigenvalue weighted by Crippen LogP contribution is -2.36. The van der Waals surface area contributed by atoms with Crippen molar-refractivity contribution >= 4 is 11.6 Å². The van der Waals surface area contributed by atoms with Gasteiger partial charge in [-0.25, -0.2) is 0 Å². The Hall–Kier alpha value is -0.700. The Balaban J connectivity index is 2.95. The molecule has 1 fully saturated rings. The SMILES string of the molecule is [2H]C1C(=O)CC(=O)C([2H])(N)C1[2H]. The Morgan fingerprint density at radius 3 is 3.11 bits per heavy atom. The van der Waals surface area contributed by atoms with Crippen molar-refractivity contribution in [1.29, 1.82) is 0 Å². The fourth-order valence-corrected chi connectivity index (χ4v) is 0.595. The van der Waals surface area contributed by atoms with Gasteiger partial charge in [-0.1, -0.05) is 0 Å². The summed E-state index contributed by atoms with van der Waals surface area (Å²) < 4.78 is 21.6. The summed E-state index contributed by atoms with van der Waals surface area (Å²) in [6.07, 6.45) is -3.31. The zero-order valence-corrected chi connectivity index (χ0v) is 4.76. The molecule has 50 valence electrons. The minimum atomic E-state index is -2.08. The van der Waals surface area contributed by atoms with E-state index in [-0.39, 0.29) is 0 Å². The third-order valence-corrected chi connectivity index (χ3v) is 1.11. The lowest BCUT2D eigenvalue weighted by Gasteiger charge is -2.13. The monoisotopic (exact) mass is 130 g/mol. The highest BCUT2D eigenvalue weighted by Crippen LogP contribution is 2.08. The molecule has 3 atom stereocenters. The van der Waals surface area contributed by atoms with Crippen LogP contribution in [0.4, 0.5) is 0 Å². The van der Waals surface area contributed by atoms with Crippen molar-refractivity contribution in [3.05, 3.63) is 0 Å². The maximum absolute atomic E-state index is 10.9. The first kappa shape index (κ1) is 3.46. The maximum Gasteiger partial charge on any atom is 0.156 e. The van der Waals surface area contributed by atoms with Gasteiger partial charge in [0.2, 0.25) is 0 Å². The standard InChI is InChI=1S/C6H9NO2/c7-5-2-1-4(8)3-6(5)9/h5H,1-3,7H2/i1D,2D,5D. The third-order valence-electron chi connectivity index (χ3n) is 1.11. The van der Waals surface area contributed by atoms with Gasteiger partial charge in [0.15, 0.2) is 5.78 Å². The molecule has 0 spiro atoms. The van der Waals surface area contributed by atoms with E-state index in [0.29, 0.717) is 0 Å². The van der Waals surface area contributed by atoms with Gasteiger partial charge in [0, 0.05) is 9.14 Å². The van der Waals surface area contributed by atoms with E-state index in [0.717, 1.165) is 0 Å². The van der Waals surface area contributed by atoms with Crippen LogP contribution in [0.1, 0.15) is 23.3 Å². The predicted molar refractivity (Wildman–Crippen MR) is 31.8 cm³/mol. The van der Waals surface area contributed by atoms with Crippen LogP contribution in [0.25, 0.3) is 0 Å². The van der Waals surface area contributed by atoms with Crippen LogP contribution >= 0.6 is 0 Å². The second kappa shape index (κ2) is 2.27. The van der Waals surface area contributed by atoms with Crippen LogP contribution in [0.15, 0.2) is 0 Å². The topological polar surface area (TPSA) is 60.2 Å². The Morgan fingerprint density at radius 1 is 1.78 bits per heavy atom. The molecule has 0 bridgehead atoms. The van der Waals surface area contributed by atoms with Gasteiger partial charge >= 0.3 is 0 Å². The van der Waals surface area contributed by atoms with E-state index in [1.165, 1.54) is 0 Å². The second-order valence-corrected chi connectivity index (χ2v) is 1.85. The van der Waals surface area contributed by atoms with Crippen LogP contribution in [-0.2, 0) is 9.59 Å². The van der Waals surface area contributed by atoms with Gasteiger partial charge in [0.25, 0.3) is 0 Å². The van der Waals surface area contributed by atoms with Gasteiger partial charge < -0.3 is 5.73 Å². The number of carbonyl (C=O) groups is 2. The van der Waals surface area contributed by atoms with Gasteiger partial charge in [0.1, 0.15) is 5.78 Å². The average Bonchev–Trinajstić information content (AvgIpc) is 1.99. The number of Topliss-reactive ketones (excluding diaryl/α,β-unsaturated/α-hetero) is 2. The molecule has 3 heteroatoms. The molecule has 0 heterocycles. The first-order chi connectivity index (χ1) is 5.37. The molecule has 1 rings (SSSR count). The van der Waals surface area contributed by atoms with Crippen molar-refractivity contribution in [3.63, 3.8) is 0 Å². The van der Waals surface area contributed by atoms with E-state index in [4.69, 9.17) is 9.85 Å². The lowest BCUT2D eigenvalue weighted by atomic mass is 9.94. The van der Waals surface area contributed by atoms with E-state index in [1.807, 2.05) is 0 Å². The second-order valence-electron chi connectivity index (χ2n) is 1.85. The Labute approximate surface area is 57.4 Å². The van der Waals surface area contributed by atoms with Gasteiger partial charge in [-0.15, -0.1) is 0 Å². The summed E-state index contributed by atoms with van der Waals surface area (Å²) >= 11 is 0. The summed E-state index contributed by atoms with van der Waals surface area (Å²) in [5.41, 5.74) is 5.17. The summed E-state index contributed by atoms with van der Waals surface area (Å²) in [6, 6.07) is -2.08. The number of hydrogen-bond donors (Lipinski definition) is 1. The summed E-state index contributed by atoms with van der Waals surface area (Å²) in [5, 5.41) is 0. The predicted octanol–water partition coefficient (Wildman–Crippen LogP) is -0.364. The zero-order chi connectivity index (χ0) is 9.52. The van der Waals surface area contributed by atoms with E-state index >= 15 is 0 Å². The molecule has 3 unspecified atom stereocenters. The highest BCUT2D eigenvalue weighted by Gasteiger charge is 2.22. The van der Waals surface area contributed by atoms with Crippen molar-refractivity contribution in [2.45, 2.75) is 25.2 Å². The largest absolute Gasteiger partial charge is 0.321 e. The number of nitrogens with two attached hydrogens (primary N) is 1. The van der Waals surface area contributed by atoms with Crippen molar-refractivity contribution in [2.24, 2.45) is 5.73 Å². The van der Waals surface area contributed by atoms with E-state index in [2.05, 4.69) is 0 Å². The quantitative estimate of drug-likeness (QED) is 0.455. The highest BCUT2D eigenvalue weighted by atomic mass is 16.1. The fourth-order valence-electron chi connectivity index (χ4n) is 0.595. The molecule has 1 aliphatic carbocycles. The molecule has 0 saturated heterocycles. The molecule has 0 aromatic rings. The van der Waals surface area contributed by atoms with Crippen molar-refractivity contribution in [1.82, 2.24) is 0 Å². The molecular weight excluding hydrogens is 118 g/mol. The summed E-state index contributed by atoms with van der Waals surface area (Å²) in [7, 11) is 0. The molecule has 9 heavy (non-hydrogen) atoms. The number of hydrogen-bond acceptors (Lipinski definition) is 3. The number of rotatable bonds is 0. The highest BCUT2D eigenvalue weighted by molar-refractivity contribution is 6.03. The Kier molecular flexibility index (Phi) is 0.873. The van der Waals surface area contributed by atoms with Gasteiger partial charge in [-0.3, -0.25) is 9.59 Å². The van der Waals surface area contributed by atoms with Crippen LogP contribution in [0.2, 0.25) is 0 Å². The van der Waals surface area contributed by atoms with Crippen LogP contribution in [-0.4, -0.2) is 17.6 Å². The van der Waals surface area contributed by atoms with Crippen LogP contribution < -0.4 is 5.73 Å². The van der Waals surface area contributed by atoms with E-state index < -0.39 is 36.8 Å². The smallest absolute Gasteiger partial charge is 0.156 e. The third kappa shape index (κ3) is 1.36.